The lowest BCUT2D eigenvalue weighted by Gasteiger charge is -2.15. The van der Waals surface area contributed by atoms with Crippen LogP contribution in [0.25, 0.3) is 11.4 Å². The average Bonchev–Trinajstić information content (AvgIpc) is 3.13. The Hall–Kier alpha value is -3.45. The molecule has 8 heteroatoms. The molecule has 0 saturated carbocycles. The van der Waals surface area contributed by atoms with Crippen LogP contribution < -0.4 is 21.1 Å². The predicted octanol–water partition coefficient (Wildman–Crippen LogP) is 3.64. The Bertz CT molecular complexity index is 1150. The summed E-state index contributed by atoms with van der Waals surface area (Å²) in [6.07, 6.45) is 6.69. The zero-order valence-corrected chi connectivity index (χ0v) is 18.1. The number of aryl methyl sites for hydroxylation is 2. The lowest BCUT2D eigenvalue weighted by atomic mass is 10.1. The third-order valence-corrected chi connectivity index (χ3v) is 5.62. The number of imidazole rings is 1. The molecule has 31 heavy (non-hydrogen) atoms. The summed E-state index contributed by atoms with van der Waals surface area (Å²) in [5.41, 5.74) is 11.1. The molecule has 1 aliphatic heterocycles. The highest BCUT2D eigenvalue weighted by Gasteiger charge is 2.24. The first-order valence-electron chi connectivity index (χ1n) is 9.95. The van der Waals surface area contributed by atoms with Crippen LogP contribution in [-0.2, 0) is 11.2 Å². The van der Waals surface area contributed by atoms with Crippen LogP contribution in [0, 0.1) is 6.92 Å². The number of nitrogens with two attached hydrogens (primary N) is 1. The third kappa shape index (κ3) is 4.36. The molecule has 0 radical (unpaired) electrons. The highest BCUT2D eigenvalue weighted by molar-refractivity contribution is 6.34. The van der Waals surface area contributed by atoms with Crippen LogP contribution in [0.1, 0.15) is 23.2 Å². The molecule has 1 atom stereocenters. The zero-order valence-electron chi connectivity index (χ0n) is 17.4. The minimum Gasteiger partial charge on any atom is -0.495 e. The number of carbonyl (C=O) groups excluding carboxylic acids is 1. The van der Waals surface area contributed by atoms with Crippen molar-refractivity contribution < 1.29 is 9.53 Å². The van der Waals surface area contributed by atoms with Gasteiger partial charge in [-0.2, -0.15) is 0 Å². The number of methoxy groups -OCH3 is 1. The fourth-order valence-electron chi connectivity index (χ4n) is 3.61. The number of nitrogens with one attached hydrogen (secondary N) is 2. The number of ether oxygens (including phenoxy) is 1. The van der Waals surface area contributed by atoms with Gasteiger partial charge in [-0.3, -0.25) is 4.79 Å². The lowest BCUT2D eigenvalue weighted by Crippen LogP contribution is -2.37. The summed E-state index contributed by atoms with van der Waals surface area (Å²) < 4.78 is 7.44. The molecule has 2 heterocycles. The molecular formula is C23H24ClN5O2. The Labute approximate surface area is 185 Å². The van der Waals surface area contributed by atoms with Gasteiger partial charge in [-0.1, -0.05) is 29.8 Å². The van der Waals surface area contributed by atoms with E-state index < -0.39 is 6.04 Å². The molecule has 1 unspecified atom stereocenters. The van der Waals surface area contributed by atoms with Gasteiger partial charge in [-0.05, 0) is 43.5 Å². The molecule has 1 aromatic heterocycles. The second-order valence-corrected chi connectivity index (χ2v) is 7.84. The summed E-state index contributed by atoms with van der Waals surface area (Å²) in [6, 6.07) is 10.9. The third-order valence-electron chi connectivity index (χ3n) is 5.31. The summed E-state index contributed by atoms with van der Waals surface area (Å²) in [7, 11) is 1.61. The SMILES string of the molecule is COc1cc(/C(N)=C/NC2CCc3cccc(Cl)c3NC2=O)ccc1-n1cnc(C)c1. The van der Waals surface area contributed by atoms with E-state index in [1.807, 2.05) is 48.0 Å². The van der Waals surface area contributed by atoms with E-state index >= 15 is 0 Å². The molecule has 160 valence electrons. The molecule has 3 aromatic rings. The van der Waals surface area contributed by atoms with Gasteiger partial charge in [0, 0.05) is 18.0 Å². The number of hydrogen-bond donors (Lipinski definition) is 3. The van der Waals surface area contributed by atoms with E-state index in [1.54, 1.807) is 25.7 Å². The number of hydrogen-bond acceptors (Lipinski definition) is 5. The Balaban J connectivity index is 1.51. The molecule has 2 aromatic carbocycles. The first-order chi connectivity index (χ1) is 15.0. The topological polar surface area (TPSA) is 94.2 Å². The maximum absolute atomic E-state index is 12.7. The number of fused-ring (bicyclic) bond motifs is 1. The van der Waals surface area contributed by atoms with Crippen molar-refractivity contribution in [1.29, 1.82) is 0 Å². The van der Waals surface area contributed by atoms with E-state index in [9.17, 15) is 4.79 Å². The number of anilines is 1. The van der Waals surface area contributed by atoms with Gasteiger partial charge in [0.05, 0.1) is 41.2 Å². The number of carbonyl (C=O) groups is 1. The maximum Gasteiger partial charge on any atom is 0.246 e. The van der Waals surface area contributed by atoms with Crippen LogP contribution in [0.5, 0.6) is 5.75 Å². The minimum atomic E-state index is -0.419. The fourth-order valence-corrected chi connectivity index (χ4v) is 3.86. The van der Waals surface area contributed by atoms with E-state index in [4.69, 9.17) is 22.1 Å². The Morgan fingerprint density at radius 1 is 1.39 bits per heavy atom. The minimum absolute atomic E-state index is 0.140. The summed E-state index contributed by atoms with van der Waals surface area (Å²) in [5.74, 6) is 0.530. The normalized spacial score (nSPS) is 16.3. The van der Waals surface area contributed by atoms with Crippen molar-refractivity contribution in [2.75, 3.05) is 12.4 Å². The van der Waals surface area contributed by atoms with Crippen LogP contribution in [-0.4, -0.2) is 28.6 Å². The molecule has 0 aliphatic carbocycles. The largest absolute Gasteiger partial charge is 0.495 e. The monoisotopic (exact) mass is 437 g/mol. The average molecular weight is 438 g/mol. The van der Waals surface area contributed by atoms with Gasteiger partial charge in [0.1, 0.15) is 11.8 Å². The molecule has 0 fully saturated rings. The summed E-state index contributed by atoms with van der Waals surface area (Å²) >= 11 is 6.24. The van der Waals surface area contributed by atoms with E-state index in [2.05, 4.69) is 15.6 Å². The molecule has 4 N–H and O–H groups in total. The zero-order chi connectivity index (χ0) is 22.0. The van der Waals surface area contributed by atoms with Crippen LogP contribution in [0.2, 0.25) is 5.02 Å². The number of amides is 1. The first-order valence-corrected chi connectivity index (χ1v) is 10.3. The van der Waals surface area contributed by atoms with Crippen molar-refractivity contribution in [3.63, 3.8) is 0 Å². The summed E-state index contributed by atoms with van der Waals surface area (Å²) in [6.45, 7) is 1.93. The van der Waals surface area contributed by atoms with Gasteiger partial charge in [-0.25, -0.2) is 4.98 Å². The standard InChI is InChI=1S/C23H24ClN5O2/c1-14-12-29(13-27-14)20-9-7-16(10-21(20)31-2)18(25)11-26-19-8-6-15-4-3-5-17(24)22(15)28-23(19)30/h3-5,7,9-13,19,26H,6,8,25H2,1-2H3,(H,28,30)/b18-11-. The summed E-state index contributed by atoms with van der Waals surface area (Å²) in [5, 5.41) is 6.61. The van der Waals surface area contributed by atoms with Crippen molar-refractivity contribution in [2.45, 2.75) is 25.8 Å². The summed E-state index contributed by atoms with van der Waals surface area (Å²) in [4.78, 5) is 16.9. The van der Waals surface area contributed by atoms with E-state index in [0.29, 0.717) is 28.6 Å². The molecule has 1 aliphatic rings. The first kappa shape index (κ1) is 20.8. The van der Waals surface area contributed by atoms with Gasteiger partial charge in [0.15, 0.2) is 0 Å². The number of nitrogens with zero attached hydrogens (tertiary/aromatic N) is 2. The lowest BCUT2D eigenvalue weighted by molar-refractivity contribution is -0.117. The molecule has 0 saturated heterocycles. The Morgan fingerprint density at radius 2 is 2.23 bits per heavy atom. The second kappa shape index (κ2) is 8.73. The number of aromatic nitrogens is 2. The molecule has 0 bridgehead atoms. The van der Waals surface area contributed by atoms with Gasteiger partial charge in [0.25, 0.3) is 0 Å². The van der Waals surface area contributed by atoms with Crippen molar-refractivity contribution >= 4 is 28.9 Å². The van der Waals surface area contributed by atoms with Crippen molar-refractivity contribution in [1.82, 2.24) is 14.9 Å². The number of halogens is 1. The number of rotatable bonds is 5. The highest BCUT2D eigenvalue weighted by Crippen LogP contribution is 2.30. The van der Waals surface area contributed by atoms with E-state index in [0.717, 1.165) is 28.9 Å². The second-order valence-electron chi connectivity index (χ2n) is 7.43. The van der Waals surface area contributed by atoms with E-state index in [1.165, 1.54) is 0 Å². The van der Waals surface area contributed by atoms with E-state index in [-0.39, 0.29) is 5.91 Å². The van der Waals surface area contributed by atoms with Crippen molar-refractivity contribution in [3.05, 3.63) is 77.0 Å². The quantitative estimate of drug-likeness (QED) is 0.566. The molecule has 4 rings (SSSR count). The molecule has 0 spiro atoms. The predicted molar refractivity (Wildman–Crippen MR) is 122 cm³/mol. The molecular weight excluding hydrogens is 414 g/mol. The molecule has 1 amide bonds. The number of benzene rings is 2. The van der Waals surface area contributed by atoms with Crippen molar-refractivity contribution in [2.24, 2.45) is 5.73 Å². The maximum atomic E-state index is 12.7. The van der Waals surface area contributed by atoms with Gasteiger partial charge in [-0.15, -0.1) is 0 Å². The van der Waals surface area contributed by atoms with Crippen LogP contribution in [0.4, 0.5) is 5.69 Å². The number of para-hydroxylation sites is 1. The Kier molecular flexibility index (Phi) is 5.86. The van der Waals surface area contributed by atoms with Gasteiger partial charge in [0.2, 0.25) is 5.91 Å². The fraction of sp³-hybridized carbons (Fsp3) is 0.217. The van der Waals surface area contributed by atoms with Crippen LogP contribution in [0.3, 0.4) is 0 Å². The van der Waals surface area contributed by atoms with Crippen LogP contribution in [0.15, 0.2) is 55.1 Å². The van der Waals surface area contributed by atoms with Crippen molar-refractivity contribution in [3.8, 4) is 11.4 Å². The molecule has 7 nitrogen and oxygen atoms in total. The van der Waals surface area contributed by atoms with Gasteiger partial charge >= 0.3 is 0 Å². The van der Waals surface area contributed by atoms with Gasteiger partial charge < -0.3 is 25.7 Å². The van der Waals surface area contributed by atoms with Crippen LogP contribution >= 0.6 is 11.6 Å². The highest BCUT2D eigenvalue weighted by atomic mass is 35.5. The smallest absolute Gasteiger partial charge is 0.246 e. The Morgan fingerprint density at radius 3 is 2.97 bits per heavy atom.